The number of benzene rings is 2. The Morgan fingerprint density at radius 3 is 2.57 bits per heavy atom. The first-order valence-corrected chi connectivity index (χ1v) is 7.46. The van der Waals surface area contributed by atoms with Crippen LogP contribution in [0, 0.1) is 0 Å². The van der Waals surface area contributed by atoms with Gasteiger partial charge in [0, 0.05) is 11.6 Å². The molecule has 1 N–H and O–H groups in total. The summed E-state index contributed by atoms with van der Waals surface area (Å²) in [6.45, 7) is 0.453. The van der Waals surface area contributed by atoms with E-state index in [-0.39, 0.29) is 0 Å². The number of ether oxygens (including phenoxy) is 1. The number of hydrogen-bond acceptors (Lipinski definition) is 3. The molecule has 0 unspecified atom stereocenters. The van der Waals surface area contributed by atoms with Gasteiger partial charge in [0.2, 0.25) is 0 Å². The second-order valence-electron chi connectivity index (χ2n) is 5.28. The monoisotopic (exact) mass is 301 g/mol. The van der Waals surface area contributed by atoms with Gasteiger partial charge >= 0.3 is 0 Å². The fraction of sp³-hybridized carbons (Fsp3) is 0.0526. The van der Waals surface area contributed by atoms with Crippen molar-refractivity contribution in [1.29, 1.82) is 0 Å². The van der Waals surface area contributed by atoms with Gasteiger partial charge in [0.05, 0.1) is 16.9 Å². The molecule has 23 heavy (non-hydrogen) atoms. The molecule has 2 aromatic heterocycles. The van der Waals surface area contributed by atoms with Crippen LogP contribution in [0.1, 0.15) is 5.69 Å². The maximum atomic E-state index is 5.82. The molecule has 0 aliphatic heterocycles. The number of fused-ring (bicyclic) bond motifs is 1. The zero-order valence-corrected chi connectivity index (χ0v) is 12.4. The molecule has 0 fully saturated rings. The van der Waals surface area contributed by atoms with Crippen LogP contribution < -0.4 is 4.74 Å². The maximum absolute atomic E-state index is 5.82. The summed E-state index contributed by atoms with van der Waals surface area (Å²) < 4.78 is 5.82. The van der Waals surface area contributed by atoms with E-state index >= 15 is 0 Å². The molecule has 4 heteroatoms. The van der Waals surface area contributed by atoms with Crippen molar-refractivity contribution >= 4 is 10.9 Å². The lowest BCUT2D eigenvalue weighted by atomic mass is 10.1. The van der Waals surface area contributed by atoms with Gasteiger partial charge < -0.3 is 4.74 Å². The Bertz CT molecular complexity index is 915. The third kappa shape index (κ3) is 2.92. The Labute approximate surface area is 133 Å². The van der Waals surface area contributed by atoms with Gasteiger partial charge in [-0.3, -0.25) is 5.10 Å². The predicted molar refractivity (Wildman–Crippen MR) is 90.1 cm³/mol. The molecule has 0 atom stereocenters. The zero-order valence-electron chi connectivity index (χ0n) is 12.4. The summed E-state index contributed by atoms with van der Waals surface area (Å²) in [4.78, 5) is 4.61. The SMILES string of the molecule is c1ccc2nc(COc3ccc(-c4ccn[nH]4)cc3)ccc2c1. The minimum atomic E-state index is 0.453. The van der Waals surface area contributed by atoms with Gasteiger partial charge in [0.15, 0.2) is 0 Å². The number of para-hydroxylation sites is 1. The summed E-state index contributed by atoms with van der Waals surface area (Å²) in [7, 11) is 0. The summed E-state index contributed by atoms with van der Waals surface area (Å²) in [6, 6.07) is 22.0. The molecule has 0 spiro atoms. The first-order chi connectivity index (χ1) is 11.4. The van der Waals surface area contributed by atoms with Crippen LogP contribution in [0.2, 0.25) is 0 Å². The van der Waals surface area contributed by atoms with Crippen molar-refractivity contribution in [3.63, 3.8) is 0 Å². The summed E-state index contributed by atoms with van der Waals surface area (Å²) in [6.07, 6.45) is 1.74. The summed E-state index contributed by atoms with van der Waals surface area (Å²) in [5.41, 5.74) is 3.98. The molecule has 112 valence electrons. The molecular weight excluding hydrogens is 286 g/mol. The highest BCUT2D eigenvalue weighted by molar-refractivity contribution is 5.78. The quantitative estimate of drug-likeness (QED) is 0.614. The van der Waals surface area contributed by atoms with Gasteiger partial charge in [-0.05, 0) is 48.0 Å². The van der Waals surface area contributed by atoms with E-state index in [1.807, 2.05) is 54.6 Å². The largest absolute Gasteiger partial charge is 0.487 e. The molecule has 0 saturated heterocycles. The third-order valence-electron chi connectivity index (χ3n) is 3.71. The normalized spacial score (nSPS) is 10.8. The van der Waals surface area contributed by atoms with Gasteiger partial charge in [-0.2, -0.15) is 5.10 Å². The van der Waals surface area contributed by atoms with Crippen LogP contribution in [-0.2, 0) is 6.61 Å². The molecule has 2 aromatic carbocycles. The first-order valence-electron chi connectivity index (χ1n) is 7.46. The lowest BCUT2D eigenvalue weighted by Gasteiger charge is -2.07. The maximum Gasteiger partial charge on any atom is 0.130 e. The molecule has 0 saturated carbocycles. The molecule has 4 nitrogen and oxygen atoms in total. The number of rotatable bonds is 4. The summed E-state index contributed by atoms with van der Waals surface area (Å²) in [5, 5.41) is 8.04. The number of aromatic nitrogens is 3. The van der Waals surface area contributed by atoms with Crippen molar-refractivity contribution in [3.05, 3.63) is 78.6 Å². The highest BCUT2D eigenvalue weighted by atomic mass is 16.5. The van der Waals surface area contributed by atoms with Crippen LogP contribution >= 0.6 is 0 Å². The van der Waals surface area contributed by atoms with E-state index in [2.05, 4.69) is 27.3 Å². The number of nitrogens with zero attached hydrogens (tertiary/aromatic N) is 2. The molecule has 4 rings (SSSR count). The van der Waals surface area contributed by atoms with Crippen LogP contribution in [-0.4, -0.2) is 15.2 Å². The van der Waals surface area contributed by atoms with E-state index in [9.17, 15) is 0 Å². The fourth-order valence-electron chi connectivity index (χ4n) is 2.49. The second kappa shape index (κ2) is 5.93. The average molecular weight is 301 g/mol. The molecule has 4 aromatic rings. The number of nitrogens with one attached hydrogen (secondary N) is 1. The molecular formula is C19H15N3O. The fourth-order valence-corrected chi connectivity index (χ4v) is 2.49. The van der Waals surface area contributed by atoms with Gasteiger partial charge in [-0.1, -0.05) is 24.3 Å². The topological polar surface area (TPSA) is 50.8 Å². The van der Waals surface area contributed by atoms with Gasteiger partial charge in [0.1, 0.15) is 12.4 Å². The minimum absolute atomic E-state index is 0.453. The molecule has 0 radical (unpaired) electrons. The lowest BCUT2D eigenvalue weighted by molar-refractivity contribution is 0.302. The highest BCUT2D eigenvalue weighted by Crippen LogP contribution is 2.21. The smallest absolute Gasteiger partial charge is 0.130 e. The van der Waals surface area contributed by atoms with E-state index in [0.29, 0.717) is 6.61 Å². The molecule has 2 heterocycles. The van der Waals surface area contributed by atoms with Gasteiger partial charge in [-0.25, -0.2) is 4.98 Å². The van der Waals surface area contributed by atoms with Crippen LogP contribution in [0.15, 0.2) is 72.9 Å². The van der Waals surface area contributed by atoms with Crippen molar-refractivity contribution in [3.8, 4) is 17.0 Å². The number of aromatic amines is 1. The molecule has 0 aliphatic rings. The highest BCUT2D eigenvalue weighted by Gasteiger charge is 2.02. The van der Waals surface area contributed by atoms with Crippen molar-refractivity contribution in [2.45, 2.75) is 6.61 Å². The van der Waals surface area contributed by atoms with E-state index in [1.54, 1.807) is 6.20 Å². The Hall–Kier alpha value is -3.14. The second-order valence-corrected chi connectivity index (χ2v) is 5.28. The average Bonchev–Trinajstić information content (AvgIpc) is 3.15. The Kier molecular flexibility index (Phi) is 3.48. The van der Waals surface area contributed by atoms with Gasteiger partial charge in [-0.15, -0.1) is 0 Å². The minimum Gasteiger partial charge on any atom is -0.487 e. The molecule has 0 aliphatic carbocycles. The van der Waals surface area contributed by atoms with E-state index in [1.165, 1.54) is 0 Å². The van der Waals surface area contributed by atoms with Crippen molar-refractivity contribution < 1.29 is 4.74 Å². The van der Waals surface area contributed by atoms with Crippen LogP contribution in [0.25, 0.3) is 22.2 Å². The van der Waals surface area contributed by atoms with Crippen LogP contribution in [0.5, 0.6) is 5.75 Å². The third-order valence-corrected chi connectivity index (χ3v) is 3.71. The van der Waals surface area contributed by atoms with Crippen molar-refractivity contribution in [1.82, 2.24) is 15.2 Å². The Morgan fingerprint density at radius 2 is 1.74 bits per heavy atom. The number of hydrogen-bond donors (Lipinski definition) is 1. The summed E-state index contributed by atoms with van der Waals surface area (Å²) in [5.74, 6) is 0.822. The Balaban J connectivity index is 1.47. The van der Waals surface area contributed by atoms with Crippen molar-refractivity contribution in [2.24, 2.45) is 0 Å². The van der Waals surface area contributed by atoms with Crippen molar-refractivity contribution in [2.75, 3.05) is 0 Å². The van der Waals surface area contributed by atoms with E-state index in [4.69, 9.17) is 4.74 Å². The van der Waals surface area contributed by atoms with Crippen LogP contribution in [0.3, 0.4) is 0 Å². The molecule has 0 amide bonds. The first kappa shape index (κ1) is 13.5. The van der Waals surface area contributed by atoms with E-state index < -0.39 is 0 Å². The van der Waals surface area contributed by atoms with Gasteiger partial charge in [0.25, 0.3) is 0 Å². The number of H-pyrrole nitrogens is 1. The standard InChI is InChI=1S/C19H15N3O/c1-2-4-18-14(3-1)5-8-16(21-18)13-23-17-9-6-15(7-10-17)19-11-12-20-22-19/h1-12H,13H2,(H,20,22). The zero-order chi connectivity index (χ0) is 15.5. The summed E-state index contributed by atoms with van der Waals surface area (Å²) >= 11 is 0. The molecule has 0 bridgehead atoms. The van der Waals surface area contributed by atoms with E-state index in [0.717, 1.165) is 33.6 Å². The number of pyridine rings is 1. The predicted octanol–water partition coefficient (Wildman–Crippen LogP) is 4.20. The van der Waals surface area contributed by atoms with Crippen LogP contribution in [0.4, 0.5) is 0 Å². The Morgan fingerprint density at radius 1 is 0.870 bits per heavy atom. The lowest BCUT2D eigenvalue weighted by Crippen LogP contribution is -1.98.